The number of rotatable bonds is 2. The summed E-state index contributed by atoms with van der Waals surface area (Å²) in [5, 5.41) is 9.95. The van der Waals surface area contributed by atoms with E-state index in [1.807, 2.05) is 46.8 Å². The minimum atomic E-state index is -0.425. The lowest BCUT2D eigenvalue weighted by Crippen LogP contribution is -2.41. The SMILES string of the molecule is Cc1cc(B2OC(C)(C)C(C)(C)O2)cc(CO)c1Cl. The zero-order chi connectivity index (χ0) is 14.4. The van der Waals surface area contributed by atoms with Gasteiger partial charge in [0.2, 0.25) is 0 Å². The van der Waals surface area contributed by atoms with E-state index in [1.165, 1.54) is 0 Å². The first-order chi connectivity index (χ1) is 8.68. The van der Waals surface area contributed by atoms with Crippen LogP contribution >= 0.6 is 11.6 Å². The quantitative estimate of drug-likeness (QED) is 0.847. The van der Waals surface area contributed by atoms with Crippen LogP contribution in [0.25, 0.3) is 0 Å². The summed E-state index contributed by atoms with van der Waals surface area (Å²) in [5.41, 5.74) is 1.77. The molecule has 1 aromatic carbocycles. The van der Waals surface area contributed by atoms with Crippen molar-refractivity contribution in [2.24, 2.45) is 0 Å². The van der Waals surface area contributed by atoms with Crippen molar-refractivity contribution in [2.45, 2.75) is 52.4 Å². The lowest BCUT2D eigenvalue weighted by molar-refractivity contribution is 0.00578. The van der Waals surface area contributed by atoms with Gasteiger partial charge in [-0.05, 0) is 51.2 Å². The van der Waals surface area contributed by atoms with Gasteiger partial charge in [-0.3, -0.25) is 0 Å². The van der Waals surface area contributed by atoms with Gasteiger partial charge in [-0.15, -0.1) is 0 Å². The molecule has 0 atom stereocenters. The average Bonchev–Trinajstić information content (AvgIpc) is 2.52. The average molecular weight is 283 g/mol. The summed E-state index contributed by atoms with van der Waals surface area (Å²) >= 11 is 6.14. The highest BCUT2D eigenvalue weighted by atomic mass is 35.5. The van der Waals surface area contributed by atoms with Crippen molar-refractivity contribution in [2.75, 3.05) is 0 Å². The van der Waals surface area contributed by atoms with Crippen molar-refractivity contribution in [1.29, 1.82) is 0 Å². The molecule has 104 valence electrons. The van der Waals surface area contributed by atoms with Crippen molar-refractivity contribution in [3.8, 4) is 0 Å². The van der Waals surface area contributed by atoms with Crippen LogP contribution in [0.2, 0.25) is 5.02 Å². The fourth-order valence-corrected chi connectivity index (χ4v) is 2.27. The Morgan fingerprint density at radius 3 is 2.16 bits per heavy atom. The second-order valence-electron chi connectivity index (χ2n) is 6.06. The van der Waals surface area contributed by atoms with Gasteiger partial charge in [-0.2, -0.15) is 0 Å². The summed E-state index contributed by atoms with van der Waals surface area (Å²) in [5.74, 6) is 0. The topological polar surface area (TPSA) is 38.7 Å². The van der Waals surface area contributed by atoms with Crippen LogP contribution < -0.4 is 5.46 Å². The van der Waals surface area contributed by atoms with Crippen molar-refractivity contribution in [1.82, 2.24) is 0 Å². The smallest absolute Gasteiger partial charge is 0.399 e. The Kier molecular flexibility index (Phi) is 3.73. The van der Waals surface area contributed by atoms with E-state index >= 15 is 0 Å². The maximum absolute atomic E-state index is 9.35. The van der Waals surface area contributed by atoms with Crippen LogP contribution in [0, 0.1) is 6.92 Å². The van der Waals surface area contributed by atoms with Gasteiger partial charge in [-0.1, -0.05) is 23.7 Å². The molecule has 0 aliphatic carbocycles. The number of aliphatic hydroxyl groups excluding tert-OH is 1. The number of hydrogen-bond acceptors (Lipinski definition) is 3. The van der Waals surface area contributed by atoms with E-state index in [4.69, 9.17) is 20.9 Å². The Labute approximate surface area is 120 Å². The van der Waals surface area contributed by atoms with Crippen LogP contribution in [0.5, 0.6) is 0 Å². The number of aryl methyl sites for hydroxylation is 1. The monoisotopic (exact) mass is 282 g/mol. The van der Waals surface area contributed by atoms with Crippen LogP contribution in [0.3, 0.4) is 0 Å². The maximum Gasteiger partial charge on any atom is 0.494 e. The first-order valence-corrected chi connectivity index (χ1v) is 6.81. The van der Waals surface area contributed by atoms with Crippen LogP contribution in [0.1, 0.15) is 38.8 Å². The highest BCUT2D eigenvalue weighted by molar-refractivity contribution is 6.62. The number of halogens is 1. The molecule has 1 fully saturated rings. The van der Waals surface area contributed by atoms with Gasteiger partial charge in [0.1, 0.15) is 0 Å². The second kappa shape index (κ2) is 4.78. The summed E-state index contributed by atoms with van der Waals surface area (Å²) in [4.78, 5) is 0. The van der Waals surface area contributed by atoms with E-state index in [0.29, 0.717) is 10.6 Å². The first kappa shape index (κ1) is 14.9. The molecule has 1 aromatic rings. The van der Waals surface area contributed by atoms with Gasteiger partial charge in [0, 0.05) is 5.02 Å². The molecule has 0 spiro atoms. The summed E-state index contributed by atoms with van der Waals surface area (Å²) in [7, 11) is -0.425. The Morgan fingerprint density at radius 2 is 1.68 bits per heavy atom. The van der Waals surface area contributed by atoms with E-state index in [-0.39, 0.29) is 17.8 Å². The number of benzene rings is 1. The predicted molar refractivity (Wildman–Crippen MR) is 77.8 cm³/mol. The molecular weight excluding hydrogens is 262 g/mol. The van der Waals surface area contributed by atoms with Crippen LogP contribution in [-0.4, -0.2) is 23.4 Å². The van der Waals surface area contributed by atoms with Crippen molar-refractivity contribution < 1.29 is 14.4 Å². The molecule has 1 aliphatic heterocycles. The lowest BCUT2D eigenvalue weighted by atomic mass is 9.77. The maximum atomic E-state index is 9.35. The zero-order valence-corrected chi connectivity index (χ0v) is 12.8. The molecule has 0 saturated carbocycles. The third-order valence-electron chi connectivity index (χ3n) is 4.05. The number of hydrogen-bond donors (Lipinski definition) is 1. The van der Waals surface area contributed by atoms with Gasteiger partial charge in [-0.25, -0.2) is 0 Å². The molecular formula is C14H20BClO3. The lowest BCUT2D eigenvalue weighted by Gasteiger charge is -2.32. The normalized spacial score (nSPS) is 20.9. The third-order valence-corrected chi connectivity index (χ3v) is 4.59. The molecule has 0 aromatic heterocycles. The molecule has 1 heterocycles. The molecule has 0 amide bonds. The molecule has 19 heavy (non-hydrogen) atoms. The van der Waals surface area contributed by atoms with Crippen molar-refractivity contribution in [3.63, 3.8) is 0 Å². The molecule has 0 radical (unpaired) electrons. The first-order valence-electron chi connectivity index (χ1n) is 6.43. The second-order valence-corrected chi connectivity index (χ2v) is 6.44. The Balaban J connectivity index is 2.37. The Bertz CT molecular complexity index is 484. The van der Waals surface area contributed by atoms with Gasteiger partial charge in [0.15, 0.2) is 0 Å². The minimum Gasteiger partial charge on any atom is -0.399 e. The highest BCUT2D eigenvalue weighted by Crippen LogP contribution is 2.36. The Morgan fingerprint density at radius 1 is 1.16 bits per heavy atom. The van der Waals surface area contributed by atoms with E-state index in [9.17, 15) is 5.11 Å². The van der Waals surface area contributed by atoms with E-state index in [0.717, 1.165) is 11.0 Å². The molecule has 1 aliphatic rings. The fraction of sp³-hybridized carbons (Fsp3) is 0.571. The van der Waals surface area contributed by atoms with Crippen LogP contribution in [0.15, 0.2) is 12.1 Å². The molecule has 2 rings (SSSR count). The van der Waals surface area contributed by atoms with E-state index in [1.54, 1.807) is 0 Å². The van der Waals surface area contributed by atoms with Crippen molar-refractivity contribution >= 4 is 24.2 Å². The summed E-state index contributed by atoms with van der Waals surface area (Å²) in [6.45, 7) is 9.89. The van der Waals surface area contributed by atoms with Crippen LogP contribution in [-0.2, 0) is 15.9 Å². The molecule has 0 bridgehead atoms. The van der Waals surface area contributed by atoms with E-state index in [2.05, 4.69) is 0 Å². The van der Waals surface area contributed by atoms with E-state index < -0.39 is 7.12 Å². The van der Waals surface area contributed by atoms with Gasteiger partial charge in [0.25, 0.3) is 0 Å². The number of aliphatic hydroxyl groups is 1. The minimum absolute atomic E-state index is 0.0903. The standard InChI is InChI=1S/C14H20BClO3/c1-9-6-11(7-10(8-17)12(9)16)15-18-13(2,3)14(4,5)19-15/h6-7,17H,8H2,1-5H3. The zero-order valence-electron chi connectivity index (χ0n) is 12.1. The van der Waals surface area contributed by atoms with Gasteiger partial charge >= 0.3 is 7.12 Å². The van der Waals surface area contributed by atoms with Gasteiger partial charge in [0.05, 0.1) is 17.8 Å². The fourth-order valence-electron chi connectivity index (χ4n) is 2.10. The third kappa shape index (κ3) is 2.55. The molecule has 1 saturated heterocycles. The highest BCUT2D eigenvalue weighted by Gasteiger charge is 2.51. The van der Waals surface area contributed by atoms with Crippen LogP contribution in [0.4, 0.5) is 0 Å². The predicted octanol–water partition coefficient (Wildman–Crippen LogP) is 2.44. The Hall–Kier alpha value is -0.545. The molecule has 0 unspecified atom stereocenters. The summed E-state index contributed by atoms with van der Waals surface area (Å²) in [6.07, 6.45) is 0. The molecule has 5 heteroatoms. The molecule has 1 N–H and O–H groups in total. The summed E-state index contributed by atoms with van der Waals surface area (Å²) in [6, 6.07) is 3.79. The summed E-state index contributed by atoms with van der Waals surface area (Å²) < 4.78 is 12.0. The molecule has 3 nitrogen and oxygen atoms in total. The largest absolute Gasteiger partial charge is 0.494 e. The van der Waals surface area contributed by atoms with Crippen molar-refractivity contribution in [3.05, 3.63) is 28.3 Å². The van der Waals surface area contributed by atoms with Gasteiger partial charge < -0.3 is 14.4 Å².